The largest absolute Gasteiger partial charge is 0.282 e. The molecule has 0 rings (SSSR count). The first-order valence-electron chi connectivity index (χ1n) is 4.13. The molecule has 0 N–H and O–H groups in total. The summed E-state index contributed by atoms with van der Waals surface area (Å²) in [5, 5.41) is 31.3. The fourth-order valence-electron chi connectivity index (χ4n) is 0.450. The Balaban J connectivity index is 0. The van der Waals surface area contributed by atoms with Crippen LogP contribution in [-0.4, -0.2) is 23.1 Å². The van der Waals surface area contributed by atoms with Gasteiger partial charge in [-0.3, -0.25) is 19.2 Å². The van der Waals surface area contributed by atoms with Crippen LogP contribution in [0.25, 0.3) is 0 Å². The lowest BCUT2D eigenvalue weighted by Crippen LogP contribution is -2.01. The molecule has 0 amide bonds. The van der Waals surface area contributed by atoms with Gasteiger partial charge in [0.25, 0.3) is 0 Å². The van der Waals surface area contributed by atoms with Gasteiger partial charge in [0.05, 0.1) is 12.8 Å². The molecule has 0 fully saturated rings. The number of hydrogen-bond donors (Lipinski definition) is 0. The summed E-state index contributed by atoms with van der Waals surface area (Å²) in [4.78, 5) is 40.2. The molecule has 0 aromatic rings. The first-order chi connectivity index (χ1) is 8.40. The molecule has 8 heteroatoms. The van der Waals surface area contributed by atoms with E-state index in [1.165, 1.54) is 24.3 Å². The van der Waals surface area contributed by atoms with Gasteiger partial charge in [-0.15, -0.1) is 0 Å². The van der Waals surface area contributed by atoms with Gasteiger partial charge < -0.3 is 0 Å². The second-order valence-electron chi connectivity index (χ2n) is 2.49. The Kier molecular flexibility index (Phi) is 9.63. The molecule has 0 atom stereocenters. The number of Topliss-reactive ketones (excluding diaryl/α,β-unsaturated/α-hetero) is 4. The van der Waals surface area contributed by atoms with Crippen molar-refractivity contribution in [1.82, 2.24) is 0 Å². The topological polar surface area (TPSA) is 163 Å². The smallest absolute Gasteiger partial charge is 0.240 e. The second kappa shape index (κ2) is 10.2. The van der Waals surface area contributed by atoms with Gasteiger partial charge in [0.15, 0.2) is 0 Å². The van der Waals surface area contributed by atoms with E-state index in [0.717, 1.165) is 0 Å². The van der Waals surface area contributed by atoms with E-state index < -0.39 is 36.0 Å². The van der Waals surface area contributed by atoms with Crippen LogP contribution in [0.1, 0.15) is 12.8 Å². The van der Waals surface area contributed by atoms with Crippen LogP contribution in [0.3, 0.4) is 0 Å². The first-order valence-corrected chi connectivity index (χ1v) is 4.13. The molecule has 0 saturated heterocycles. The van der Waals surface area contributed by atoms with Gasteiger partial charge in [0, 0.05) is 0 Å². The number of nitrogens with zero attached hydrogens (tertiary/aromatic N) is 4. The van der Waals surface area contributed by atoms with Crippen LogP contribution in [-0.2, 0) is 19.2 Å². The van der Waals surface area contributed by atoms with E-state index in [-0.39, 0.29) is 0 Å². The summed E-state index contributed by atoms with van der Waals surface area (Å²) in [6, 6.07) is 4.88. The van der Waals surface area contributed by atoms with Crippen LogP contribution in [0.2, 0.25) is 0 Å². The molecule has 0 aromatic heterocycles. The van der Waals surface area contributed by atoms with Crippen molar-refractivity contribution in [3.63, 3.8) is 0 Å². The van der Waals surface area contributed by atoms with Crippen LogP contribution in [0.4, 0.5) is 0 Å². The highest BCUT2D eigenvalue weighted by atomic mass is 16.2. The van der Waals surface area contributed by atoms with Crippen molar-refractivity contribution in [3.8, 4) is 24.3 Å². The monoisotopic (exact) mass is 244 g/mol. The standard InChI is InChI=1S/2C5H2N2O2/c2*6-2-4(8)1-5(9)3-7/h2*1H2. The molecular formula is C10H4N4O4. The molecular weight excluding hydrogens is 240 g/mol. The molecule has 8 nitrogen and oxygen atoms in total. The third-order valence-electron chi connectivity index (χ3n) is 1.14. The van der Waals surface area contributed by atoms with Gasteiger partial charge in [0.1, 0.15) is 24.3 Å². The molecule has 0 radical (unpaired) electrons. The molecule has 0 aliphatic rings. The summed E-state index contributed by atoms with van der Waals surface area (Å²) < 4.78 is 0. The lowest BCUT2D eigenvalue weighted by Gasteiger charge is -1.76. The maximum absolute atomic E-state index is 10.0. The highest BCUT2D eigenvalue weighted by molar-refractivity contribution is 6.12. The van der Waals surface area contributed by atoms with Crippen LogP contribution in [0.15, 0.2) is 0 Å². The predicted octanol–water partition coefficient (Wildman–Crippen LogP) is -0.876. The number of hydrogen-bond acceptors (Lipinski definition) is 8. The number of ketones is 4. The van der Waals surface area contributed by atoms with Gasteiger partial charge in [-0.25, -0.2) is 0 Å². The number of nitriles is 4. The molecule has 0 heterocycles. The molecule has 0 aliphatic heterocycles. The molecule has 0 spiro atoms. The van der Waals surface area contributed by atoms with Gasteiger partial charge in [-0.05, 0) is 0 Å². The summed E-state index contributed by atoms with van der Waals surface area (Å²) in [5.41, 5.74) is 0. The van der Waals surface area contributed by atoms with E-state index >= 15 is 0 Å². The zero-order valence-electron chi connectivity index (χ0n) is 8.84. The quantitative estimate of drug-likeness (QED) is 0.454. The summed E-state index contributed by atoms with van der Waals surface area (Å²) in [6.45, 7) is 0. The Bertz CT molecular complexity index is 438. The molecule has 88 valence electrons. The van der Waals surface area contributed by atoms with Crippen LogP contribution >= 0.6 is 0 Å². The van der Waals surface area contributed by atoms with E-state index in [4.69, 9.17) is 21.0 Å². The minimum Gasteiger partial charge on any atom is -0.282 e. The van der Waals surface area contributed by atoms with Crippen LogP contribution in [0, 0.1) is 45.3 Å². The molecule has 0 aliphatic carbocycles. The van der Waals surface area contributed by atoms with Crippen molar-refractivity contribution >= 4 is 23.1 Å². The van der Waals surface area contributed by atoms with E-state index in [2.05, 4.69) is 0 Å². The first kappa shape index (κ1) is 17.0. The van der Waals surface area contributed by atoms with Gasteiger partial charge in [-0.1, -0.05) is 0 Å². The summed E-state index contributed by atoms with van der Waals surface area (Å²) >= 11 is 0. The highest BCUT2D eigenvalue weighted by Crippen LogP contribution is 1.81. The minimum atomic E-state index is -0.874. The van der Waals surface area contributed by atoms with Gasteiger partial charge in [-0.2, -0.15) is 21.0 Å². The average Bonchev–Trinajstić information content (AvgIpc) is 2.38. The molecule has 0 bridgehead atoms. The maximum Gasteiger partial charge on any atom is 0.240 e. The van der Waals surface area contributed by atoms with Crippen LogP contribution in [0.5, 0.6) is 0 Å². The molecule has 0 aromatic carbocycles. The Morgan fingerprint density at radius 3 is 0.833 bits per heavy atom. The highest BCUT2D eigenvalue weighted by Gasteiger charge is 2.06. The lowest BCUT2D eigenvalue weighted by molar-refractivity contribution is -0.122. The molecule has 18 heavy (non-hydrogen) atoms. The third-order valence-corrected chi connectivity index (χ3v) is 1.14. The van der Waals surface area contributed by atoms with E-state index in [1.54, 1.807) is 0 Å². The molecule has 0 saturated carbocycles. The number of carbonyl (C=O) groups excluding carboxylic acids is 4. The van der Waals surface area contributed by atoms with Crippen molar-refractivity contribution in [3.05, 3.63) is 0 Å². The van der Waals surface area contributed by atoms with Crippen molar-refractivity contribution in [1.29, 1.82) is 21.0 Å². The van der Waals surface area contributed by atoms with Crippen molar-refractivity contribution in [2.24, 2.45) is 0 Å². The Labute approximate surface area is 101 Å². The zero-order valence-corrected chi connectivity index (χ0v) is 8.84. The lowest BCUT2D eigenvalue weighted by atomic mass is 10.2. The summed E-state index contributed by atoms with van der Waals surface area (Å²) in [6.07, 6.45) is -1.18. The summed E-state index contributed by atoms with van der Waals surface area (Å²) in [5.74, 6) is -3.49. The normalized spacial score (nSPS) is 6.89. The molecule has 0 unspecified atom stereocenters. The number of carbonyl (C=O) groups is 4. The van der Waals surface area contributed by atoms with E-state index in [9.17, 15) is 19.2 Å². The minimum absolute atomic E-state index is 0.590. The van der Waals surface area contributed by atoms with E-state index in [0.29, 0.717) is 0 Å². The van der Waals surface area contributed by atoms with Crippen molar-refractivity contribution in [2.75, 3.05) is 0 Å². The number of rotatable bonds is 4. The van der Waals surface area contributed by atoms with Gasteiger partial charge in [0.2, 0.25) is 23.1 Å². The van der Waals surface area contributed by atoms with Gasteiger partial charge >= 0.3 is 0 Å². The second-order valence-corrected chi connectivity index (χ2v) is 2.49. The Morgan fingerprint density at radius 2 is 0.722 bits per heavy atom. The van der Waals surface area contributed by atoms with Crippen LogP contribution < -0.4 is 0 Å². The summed E-state index contributed by atoms with van der Waals surface area (Å²) in [7, 11) is 0. The fraction of sp³-hybridized carbons (Fsp3) is 0.200. The van der Waals surface area contributed by atoms with E-state index in [1.807, 2.05) is 0 Å². The Hall–Kier alpha value is -3.36. The Morgan fingerprint density at radius 1 is 0.556 bits per heavy atom. The SMILES string of the molecule is N#CC(=O)CC(=O)C#N.N#CC(=O)CC(=O)C#N. The fourth-order valence-corrected chi connectivity index (χ4v) is 0.450. The van der Waals surface area contributed by atoms with Crippen molar-refractivity contribution in [2.45, 2.75) is 12.8 Å². The zero-order chi connectivity index (χ0) is 14.6. The third kappa shape index (κ3) is 10.7. The maximum atomic E-state index is 10.0. The van der Waals surface area contributed by atoms with Crippen molar-refractivity contribution < 1.29 is 19.2 Å². The predicted molar refractivity (Wildman–Crippen MR) is 51.7 cm³/mol. The average molecular weight is 244 g/mol.